The minimum absolute atomic E-state index is 0.215. The molecule has 0 spiro atoms. The molecule has 3 unspecified atom stereocenters. The minimum Gasteiger partial charge on any atom is -0.386 e. The number of hydrogen-bond donors (Lipinski definition) is 4. The largest absolute Gasteiger partial charge is 0.386 e. The molecule has 25 heavy (non-hydrogen) atoms. The van der Waals surface area contributed by atoms with Crippen molar-refractivity contribution in [3.8, 4) is 0 Å². The van der Waals surface area contributed by atoms with Crippen LogP contribution in [0.25, 0.3) is 0 Å². The molecule has 0 aromatic carbocycles. The van der Waals surface area contributed by atoms with E-state index in [1.54, 1.807) is 13.0 Å². The van der Waals surface area contributed by atoms with Crippen LogP contribution in [-0.4, -0.2) is 60.5 Å². The van der Waals surface area contributed by atoms with Crippen molar-refractivity contribution in [3.05, 3.63) is 28.5 Å². The maximum absolute atomic E-state index is 13.3. The zero-order valence-electron chi connectivity index (χ0n) is 14.0. The van der Waals surface area contributed by atoms with Crippen molar-refractivity contribution >= 4 is 20.3 Å². The molecule has 9 heteroatoms. The summed E-state index contributed by atoms with van der Waals surface area (Å²) in [5, 5.41) is 27.0. The summed E-state index contributed by atoms with van der Waals surface area (Å²) in [6, 6.07) is 1.84. The smallest absolute Gasteiger partial charge is 0.247 e. The van der Waals surface area contributed by atoms with Crippen molar-refractivity contribution in [1.82, 2.24) is 10.6 Å². The maximum Gasteiger partial charge on any atom is 0.247 e. The summed E-state index contributed by atoms with van der Waals surface area (Å²) in [6.07, 6.45) is -0.666. The Morgan fingerprint density at radius 3 is 3.04 bits per heavy atom. The van der Waals surface area contributed by atoms with Crippen molar-refractivity contribution in [1.29, 1.82) is 0 Å². The van der Waals surface area contributed by atoms with Gasteiger partial charge in [-0.1, -0.05) is 8.19 Å². The Balaban J connectivity index is 2.02. The first-order valence-corrected chi connectivity index (χ1v) is 8.97. The molecule has 0 aliphatic carbocycles. The van der Waals surface area contributed by atoms with E-state index in [4.69, 9.17) is 4.74 Å². The van der Waals surface area contributed by atoms with E-state index in [1.165, 1.54) is 12.3 Å². The zero-order chi connectivity index (χ0) is 18.2. The number of nitrogens with one attached hydrogen (secondary N) is 2. The molecular weight excluding hydrogens is 348 g/mol. The van der Waals surface area contributed by atoms with Crippen LogP contribution in [0.2, 0.25) is 0 Å². The lowest BCUT2D eigenvalue weighted by Crippen LogP contribution is -2.51. The maximum atomic E-state index is 13.3. The normalized spacial score (nSPS) is 25.5. The van der Waals surface area contributed by atoms with E-state index >= 15 is 0 Å². The van der Waals surface area contributed by atoms with Gasteiger partial charge in [-0.25, -0.2) is 4.39 Å². The Kier molecular flexibility index (Phi) is 7.87. The van der Waals surface area contributed by atoms with Crippen LogP contribution in [0.5, 0.6) is 0 Å². The Morgan fingerprint density at radius 2 is 2.28 bits per heavy atom. The second kappa shape index (κ2) is 9.89. The monoisotopic (exact) mass is 371 g/mol. The Hall–Kier alpha value is -1.44. The topological polar surface area (TPSA) is 103 Å². The molecular formula is C16H23FN3O4P. The molecule has 1 aromatic rings. The van der Waals surface area contributed by atoms with E-state index in [2.05, 4.69) is 15.6 Å². The first-order chi connectivity index (χ1) is 12.0. The summed E-state index contributed by atoms with van der Waals surface area (Å²) in [5.41, 5.74) is 0. The summed E-state index contributed by atoms with van der Waals surface area (Å²) in [7, 11) is 0.710. The highest BCUT2D eigenvalue weighted by molar-refractivity contribution is 7.31. The third-order valence-electron chi connectivity index (χ3n) is 3.70. The van der Waals surface area contributed by atoms with Gasteiger partial charge < -0.3 is 20.3 Å². The van der Waals surface area contributed by atoms with Crippen molar-refractivity contribution < 1.29 is 24.1 Å². The Morgan fingerprint density at radius 1 is 1.48 bits per heavy atom. The van der Waals surface area contributed by atoms with Gasteiger partial charge in [0.2, 0.25) is 5.91 Å². The van der Waals surface area contributed by atoms with Crippen molar-refractivity contribution in [2.75, 3.05) is 19.8 Å². The highest BCUT2D eigenvalue weighted by Crippen LogP contribution is 2.22. The molecule has 0 saturated heterocycles. The van der Waals surface area contributed by atoms with Crippen molar-refractivity contribution in [2.24, 2.45) is 4.99 Å². The van der Waals surface area contributed by atoms with E-state index in [1.807, 2.05) is 0 Å². The van der Waals surface area contributed by atoms with Crippen LogP contribution in [-0.2, 0) is 16.1 Å². The second-order valence-electron chi connectivity index (χ2n) is 5.65. The fourth-order valence-corrected chi connectivity index (χ4v) is 3.21. The van der Waals surface area contributed by atoms with Gasteiger partial charge >= 0.3 is 0 Å². The average molecular weight is 371 g/mol. The van der Waals surface area contributed by atoms with Gasteiger partial charge in [-0.15, -0.1) is 0 Å². The lowest BCUT2D eigenvalue weighted by molar-refractivity contribution is -0.127. The lowest BCUT2D eigenvalue weighted by atomic mass is 10.1. The quantitative estimate of drug-likeness (QED) is 0.618. The number of amides is 1. The van der Waals surface area contributed by atoms with E-state index in [0.29, 0.717) is 39.7 Å². The molecule has 1 amide bonds. The first kappa shape index (κ1) is 19.9. The molecule has 2 rings (SSSR count). The molecule has 0 bridgehead atoms. The summed E-state index contributed by atoms with van der Waals surface area (Å²) >= 11 is 0. The molecule has 3 atom stereocenters. The van der Waals surface area contributed by atoms with Crippen LogP contribution < -0.4 is 10.6 Å². The first-order valence-electron chi connectivity index (χ1n) is 8.07. The van der Waals surface area contributed by atoms with Gasteiger partial charge in [0.05, 0.1) is 13.2 Å². The summed E-state index contributed by atoms with van der Waals surface area (Å²) in [4.78, 5) is 16.5. The molecule has 0 radical (unpaired) electrons. The number of ether oxygens (including phenoxy) is 1. The SMILES string of the molecule is Cc1pc(CNC(=O)C2N=CCCOCCNC(O)C2O)ccc1F. The number of aryl methyl sites for hydroxylation is 1. The predicted molar refractivity (Wildman–Crippen MR) is 93.2 cm³/mol. The zero-order valence-corrected chi connectivity index (χ0v) is 14.9. The third-order valence-corrected chi connectivity index (χ3v) is 4.84. The molecule has 1 aromatic heterocycles. The second-order valence-corrected chi connectivity index (χ2v) is 7.12. The highest BCUT2D eigenvalue weighted by atomic mass is 31.0. The van der Waals surface area contributed by atoms with Gasteiger partial charge in [0.15, 0.2) is 6.04 Å². The number of carbonyl (C=O) groups excluding carboxylic acids is 1. The minimum atomic E-state index is -1.39. The van der Waals surface area contributed by atoms with E-state index in [9.17, 15) is 19.4 Å². The van der Waals surface area contributed by atoms with Gasteiger partial charge in [-0.2, -0.15) is 0 Å². The molecule has 0 saturated carbocycles. The van der Waals surface area contributed by atoms with Crippen molar-refractivity contribution in [2.45, 2.75) is 38.3 Å². The summed E-state index contributed by atoms with van der Waals surface area (Å²) in [5.74, 6) is -0.773. The van der Waals surface area contributed by atoms with Crippen LogP contribution in [0.15, 0.2) is 17.1 Å². The molecule has 1 aliphatic rings. The average Bonchev–Trinajstić information content (AvgIpc) is 2.63. The molecule has 4 N–H and O–H groups in total. The van der Waals surface area contributed by atoms with Gasteiger partial charge in [-0.05, 0) is 24.4 Å². The number of aliphatic hydroxyl groups is 2. The van der Waals surface area contributed by atoms with E-state index in [0.717, 1.165) is 5.30 Å². The fraction of sp³-hybridized carbons (Fsp3) is 0.562. The fourth-order valence-electron chi connectivity index (χ4n) is 2.29. The number of nitrogens with zero attached hydrogens (tertiary/aromatic N) is 1. The van der Waals surface area contributed by atoms with Gasteiger partial charge in [0, 0.05) is 31.0 Å². The number of halogens is 1. The van der Waals surface area contributed by atoms with Crippen LogP contribution in [0, 0.1) is 12.7 Å². The van der Waals surface area contributed by atoms with Crippen LogP contribution >= 0.6 is 8.19 Å². The van der Waals surface area contributed by atoms with E-state index in [-0.39, 0.29) is 12.4 Å². The van der Waals surface area contributed by atoms with Crippen molar-refractivity contribution in [3.63, 3.8) is 0 Å². The number of hydrogen-bond acceptors (Lipinski definition) is 6. The molecule has 1 aliphatic heterocycles. The number of rotatable bonds is 3. The summed E-state index contributed by atoms with van der Waals surface area (Å²) < 4.78 is 18.6. The van der Waals surface area contributed by atoms with Gasteiger partial charge in [0.25, 0.3) is 0 Å². The molecule has 138 valence electrons. The van der Waals surface area contributed by atoms with Crippen LogP contribution in [0.3, 0.4) is 0 Å². The van der Waals surface area contributed by atoms with E-state index < -0.39 is 24.3 Å². The molecule has 7 nitrogen and oxygen atoms in total. The Labute approximate surface area is 147 Å². The van der Waals surface area contributed by atoms with Crippen LogP contribution in [0.4, 0.5) is 4.39 Å². The van der Waals surface area contributed by atoms with Gasteiger partial charge in [0.1, 0.15) is 18.1 Å². The third kappa shape index (κ3) is 6.09. The van der Waals surface area contributed by atoms with Crippen LogP contribution in [0.1, 0.15) is 17.0 Å². The highest BCUT2D eigenvalue weighted by Gasteiger charge is 2.31. The predicted octanol–water partition coefficient (Wildman–Crippen LogP) is 0.459. The van der Waals surface area contributed by atoms with Gasteiger partial charge in [-0.3, -0.25) is 15.1 Å². The Bertz CT molecular complexity index is 617. The number of aliphatic imine (C=N–C) groups is 1. The number of aliphatic hydroxyl groups excluding tert-OH is 2. The molecule has 0 fully saturated rings. The summed E-state index contributed by atoms with van der Waals surface area (Å²) in [6.45, 7) is 3.09. The standard InChI is InChI=1S/C16H23FN3O4P/c1-10-12(17)4-3-11(25-10)9-20-15(22)13-14(21)16(23)19-6-8-24-7-2-5-18-13/h3-5,13-14,16,19,21,23H,2,6-9H2,1H3,(H,20,22). The molecule has 2 heterocycles. The lowest BCUT2D eigenvalue weighted by Gasteiger charge is -2.24. The number of carbonyl (C=O) groups is 1.